The van der Waals surface area contributed by atoms with Crippen LogP contribution < -0.4 is 4.90 Å². The number of para-hydroxylation sites is 1. The molecule has 0 saturated carbocycles. The van der Waals surface area contributed by atoms with Gasteiger partial charge in [0.15, 0.2) is 0 Å². The zero-order chi connectivity index (χ0) is 43.3. The van der Waals surface area contributed by atoms with Gasteiger partial charge in [-0.1, -0.05) is 214 Å². The van der Waals surface area contributed by atoms with E-state index in [-0.39, 0.29) is 5.41 Å². The Kier molecular flexibility index (Phi) is 8.24. The van der Waals surface area contributed by atoms with E-state index in [9.17, 15) is 0 Å². The highest BCUT2D eigenvalue weighted by atomic mass is 15.1. The largest absolute Gasteiger partial charge is 0.310 e. The van der Waals surface area contributed by atoms with Crippen LogP contribution in [0.2, 0.25) is 0 Å². The number of hydrogen-bond acceptors (Lipinski definition) is 1. The fourth-order valence-electron chi connectivity index (χ4n) is 11.8. The van der Waals surface area contributed by atoms with E-state index < -0.39 is 5.41 Å². The predicted octanol–water partition coefficient (Wildman–Crippen LogP) is 16.8. The van der Waals surface area contributed by atoms with E-state index in [2.05, 4.69) is 255 Å². The summed E-state index contributed by atoms with van der Waals surface area (Å²) in [6.45, 7) is 4.87. The van der Waals surface area contributed by atoms with Crippen LogP contribution in [0, 0.1) is 0 Å². The van der Waals surface area contributed by atoms with Crippen molar-refractivity contribution in [3.05, 3.63) is 270 Å². The molecule has 3 aliphatic rings. The average Bonchev–Trinajstić information content (AvgIpc) is 3.93. The van der Waals surface area contributed by atoms with Crippen molar-refractivity contribution in [3.8, 4) is 66.8 Å². The highest BCUT2D eigenvalue weighted by Gasteiger charge is 2.54. The molecule has 10 aromatic carbocycles. The lowest BCUT2D eigenvalue weighted by Gasteiger charge is -2.32. The topological polar surface area (TPSA) is 3.24 Å². The Morgan fingerprint density at radius 3 is 1.26 bits per heavy atom. The summed E-state index contributed by atoms with van der Waals surface area (Å²) in [7, 11) is 0. The van der Waals surface area contributed by atoms with Crippen LogP contribution >= 0.6 is 0 Å². The normalized spacial score (nSPS) is 13.9. The zero-order valence-corrected chi connectivity index (χ0v) is 36.5. The Hall–Kier alpha value is -8.00. The Morgan fingerprint density at radius 2 is 0.677 bits per heavy atom. The van der Waals surface area contributed by atoms with Crippen molar-refractivity contribution in [3.63, 3.8) is 0 Å². The second-order valence-corrected chi connectivity index (χ2v) is 18.4. The van der Waals surface area contributed by atoms with E-state index in [1.165, 1.54) is 100 Å². The first kappa shape index (κ1) is 37.5. The van der Waals surface area contributed by atoms with Gasteiger partial charge < -0.3 is 4.90 Å². The molecule has 0 radical (unpaired) electrons. The summed E-state index contributed by atoms with van der Waals surface area (Å²) < 4.78 is 0. The summed E-state index contributed by atoms with van der Waals surface area (Å²) in [5.41, 5.74) is 26.3. The summed E-state index contributed by atoms with van der Waals surface area (Å²) >= 11 is 0. The Labute approximate surface area is 381 Å². The maximum atomic E-state index is 2.62. The second kappa shape index (κ2) is 14.3. The fourth-order valence-corrected chi connectivity index (χ4v) is 11.8. The molecule has 65 heavy (non-hydrogen) atoms. The lowest BCUT2D eigenvalue weighted by atomic mass is 9.69. The summed E-state index contributed by atoms with van der Waals surface area (Å²) in [6, 6.07) is 87.9. The molecule has 0 unspecified atom stereocenters. The van der Waals surface area contributed by atoms with Crippen molar-refractivity contribution in [2.75, 3.05) is 4.90 Å². The number of fused-ring (bicyclic) bond motifs is 13. The van der Waals surface area contributed by atoms with Gasteiger partial charge in [-0.3, -0.25) is 0 Å². The van der Waals surface area contributed by atoms with Gasteiger partial charge in [-0.25, -0.2) is 0 Å². The van der Waals surface area contributed by atoms with E-state index in [0.717, 1.165) is 17.1 Å². The van der Waals surface area contributed by atoms with Crippen LogP contribution in [0.5, 0.6) is 0 Å². The molecule has 0 fully saturated rings. The van der Waals surface area contributed by atoms with Crippen LogP contribution in [0.15, 0.2) is 237 Å². The summed E-state index contributed by atoms with van der Waals surface area (Å²) in [6.07, 6.45) is 0. The molecule has 3 aliphatic carbocycles. The third-order valence-electron chi connectivity index (χ3n) is 14.7. The molecule has 0 aliphatic heterocycles. The first-order valence-corrected chi connectivity index (χ1v) is 22.8. The van der Waals surface area contributed by atoms with Gasteiger partial charge in [-0.2, -0.15) is 0 Å². The monoisotopic (exact) mass is 827 g/mol. The van der Waals surface area contributed by atoms with Gasteiger partial charge in [-0.05, 0) is 137 Å². The first-order valence-electron chi connectivity index (χ1n) is 22.8. The average molecular weight is 828 g/mol. The van der Waals surface area contributed by atoms with E-state index in [0.29, 0.717) is 0 Å². The SMILES string of the molecule is CC1(C)c2ccc(N(c3ccccc3)c3ccc(-c4ccc(-c5ccccc5)cc4)cc3)cc2-c2c1cc1c(c2-c2ccccc2)-c2ccccc2C12c1ccccc1-c1ccccc12. The van der Waals surface area contributed by atoms with E-state index in [4.69, 9.17) is 0 Å². The second-order valence-electron chi connectivity index (χ2n) is 18.4. The molecule has 306 valence electrons. The van der Waals surface area contributed by atoms with Crippen molar-refractivity contribution in [2.24, 2.45) is 0 Å². The number of hydrogen-bond donors (Lipinski definition) is 0. The van der Waals surface area contributed by atoms with E-state index >= 15 is 0 Å². The highest BCUT2D eigenvalue weighted by molar-refractivity contribution is 6.07. The third kappa shape index (κ3) is 5.39. The summed E-state index contributed by atoms with van der Waals surface area (Å²) in [4.78, 5) is 2.42. The van der Waals surface area contributed by atoms with Crippen LogP contribution in [0.1, 0.15) is 47.2 Å². The predicted molar refractivity (Wildman–Crippen MR) is 271 cm³/mol. The van der Waals surface area contributed by atoms with Gasteiger partial charge in [0.05, 0.1) is 5.41 Å². The molecule has 0 aromatic heterocycles. The zero-order valence-electron chi connectivity index (χ0n) is 36.5. The lowest BCUT2D eigenvalue weighted by Crippen LogP contribution is -2.26. The number of benzene rings is 10. The first-order chi connectivity index (χ1) is 32.0. The van der Waals surface area contributed by atoms with Crippen LogP contribution in [-0.4, -0.2) is 0 Å². The lowest BCUT2D eigenvalue weighted by molar-refractivity contribution is 0.657. The van der Waals surface area contributed by atoms with Gasteiger partial charge >= 0.3 is 0 Å². The molecule has 0 saturated heterocycles. The van der Waals surface area contributed by atoms with Crippen molar-refractivity contribution >= 4 is 17.1 Å². The molecular formula is C64H45N. The van der Waals surface area contributed by atoms with Crippen LogP contribution in [-0.2, 0) is 10.8 Å². The molecular weight excluding hydrogens is 783 g/mol. The maximum Gasteiger partial charge on any atom is 0.0725 e. The fraction of sp³-hybridized carbons (Fsp3) is 0.0625. The number of nitrogens with zero attached hydrogens (tertiary/aromatic N) is 1. The van der Waals surface area contributed by atoms with Gasteiger partial charge in [0.1, 0.15) is 0 Å². The quantitative estimate of drug-likeness (QED) is 0.161. The Morgan fingerprint density at radius 1 is 0.262 bits per heavy atom. The smallest absolute Gasteiger partial charge is 0.0725 e. The van der Waals surface area contributed by atoms with Crippen molar-refractivity contribution in [2.45, 2.75) is 24.7 Å². The van der Waals surface area contributed by atoms with Gasteiger partial charge in [0.25, 0.3) is 0 Å². The molecule has 0 atom stereocenters. The molecule has 10 aromatic rings. The minimum Gasteiger partial charge on any atom is -0.310 e. The summed E-state index contributed by atoms with van der Waals surface area (Å²) in [5.74, 6) is 0. The van der Waals surface area contributed by atoms with Crippen molar-refractivity contribution in [1.82, 2.24) is 0 Å². The van der Waals surface area contributed by atoms with Crippen LogP contribution in [0.4, 0.5) is 17.1 Å². The molecule has 1 spiro atoms. The van der Waals surface area contributed by atoms with Gasteiger partial charge in [-0.15, -0.1) is 0 Å². The summed E-state index contributed by atoms with van der Waals surface area (Å²) in [5, 5.41) is 0. The molecule has 0 amide bonds. The van der Waals surface area contributed by atoms with Gasteiger partial charge in [0, 0.05) is 22.5 Å². The molecule has 1 nitrogen and oxygen atoms in total. The minimum atomic E-state index is -0.437. The highest BCUT2D eigenvalue weighted by Crippen LogP contribution is 2.67. The van der Waals surface area contributed by atoms with Crippen LogP contribution in [0.25, 0.3) is 66.8 Å². The molecule has 13 rings (SSSR count). The maximum absolute atomic E-state index is 2.62. The number of anilines is 3. The molecule has 1 heteroatoms. The molecule has 0 heterocycles. The third-order valence-corrected chi connectivity index (χ3v) is 14.7. The van der Waals surface area contributed by atoms with Crippen molar-refractivity contribution < 1.29 is 0 Å². The van der Waals surface area contributed by atoms with E-state index in [1.807, 2.05) is 0 Å². The molecule has 0 bridgehead atoms. The van der Waals surface area contributed by atoms with Crippen molar-refractivity contribution in [1.29, 1.82) is 0 Å². The van der Waals surface area contributed by atoms with Crippen LogP contribution in [0.3, 0.4) is 0 Å². The van der Waals surface area contributed by atoms with E-state index in [1.54, 1.807) is 0 Å². The Bertz CT molecular complexity index is 3430. The standard InChI is InChI=1S/C64H45N/c1-63(2)54-39-38-49(65(47-22-10-5-11-23-47)48-36-34-45(35-37-48)44-32-30-43(31-33-44)42-18-6-3-7-19-42)40-53(54)62-58(63)41-59-61(60(62)46-20-8-4-9-21-46)52-26-14-17-29-57(52)64(59)55-27-15-12-24-50(55)51-25-13-16-28-56(51)64/h3-41H,1-2H3. The minimum absolute atomic E-state index is 0.259. The Balaban J connectivity index is 1.01. The molecule has 0 N–H and O–H groups in total. The number of rotatable bonds is 6. The van der Waals surface area contributed by atoms with Gasteiger partial charge in [0.2, 0.25) is 0 Å².